The van der Waals surface area contributed by atoms with Crippen LogP contribution >= 0.6 is 0 Å². The Labute approximate surface area is 163 Å². The van der Waals surface area contributed by atoms with Crippen LogP contribution < -0.4 is 10.0 Å². The van der Waals surface area contributed by atoms with Crippen molar-refractivity contribution in [2.24, 2.45) is 0 Å². The van der Waals surface area contributed by atoms with Crippen molar-refractivity contribution < 1.29 is 26.4 Å². The lowest BCUT2D eigenvalue weighted by Crippen LogP contribution is -2.31. The lowest BCUT2D eigenvalue weighted by atomic mass is 10.2. The summed E-state index contributed by atoms with van der Waals surface area (Å²) in [5.41, 5.74) is -0.912. The van der Waals surface area contributed by atoms with Crippen LogP contribution in [0.3, 0.4) is 0 Å². The van der Waals surface area contributed by atoms with Gasteiger partial charge in [0.25, 0.3) is 15.9 Å². The van der Waals surface area contributed by atoms with Crippen molar-refractivity contribution in [2.75, 3.05) is 5.32 Å². The zero-order valence-electron chi connectivity index (χ0n) is 14.5. The second kappa shape index (κ2) is 7.87. The fraction of sp³-hybridized carbons (Fsp3) is 0.0556. The van der Waals surface area contributed by atoms with Crippen molar-refractivity contribution >= 4 is 27.3 Å². The van der Waals surface area contributed by atoms with Crippen LogP contribution in [-0.2, 0) is 16.2 Å². The summed E-state index contributed by atoms with van der Waals surface area (Å²) in [6.45, 7) is 0. The summed E-state index contributed by atoms with van der Waals surface area (Å²) in [7, 11) is -4.37. The van der Waals surface area contributed by atoms with E-state index in [1.165, 1.54) is 48.9 Å². The monoisotopic (exact) mass is 422 g/mol. The van der Waals surface area contributed by atoms with Crippen LogP contribution in [0.2, 0.25) is 0 Å². The minimum absolute atomic E-state index is 0.0149. The molecule has 2 N–H and O–H groups in total. The largest absolute Gasteiger partial charge is 0.416 e. The van der Waals surface area contributed by atoms with E-state index in [-0.39, 0.29) is 16.9 Å². The molecule has 11 heteroatoms. The first-order valence-electron chi connectivity index (χ1n) is 8.02. The van der Waals surface area contributed by atoms with Crippen LogP contribution in [0.5, 0.6) is 0 Å². The van der Waals surface area contributed by atoms with Crippen LogP contribution in [-0.4, -0.2) is 24.3 Å². The average molecular weight is 422 g/mol. The molecule has 150 valence electrons. The van der Waals surface area contributed by atoms with Gasteiger partial charge in [-0.1, -0.05) is 6.07 Å². The van der Waals surface area contributed by atoms with Gasteiger partial charge >= 0.3 is 6.18 Å². The second-order valence-electron chi connectivity index (χ2n) is 5.75. The van der Waals surface area contributed by atoms with Crippen molar-refractivity contribution in [3.05, 3.63) is 78.4 Å². The number of benzene rings is 1. The number of aromatic nitrogens is 2. The number of rotatable bonds is 5. The molecular weight excluding hydrogens is 409 g/mol. The number of hydrogen-bond donors (Lipinski definition) is 2. The van der Waals surface area contributed by atoms with E-state index in [0.717, 1.165) is 18.3 Å². The molecule has 0 aliphatic carbocycles. The molecule has 3 rings (SSSR count). The highest BCUT2D eigenvalue weighted by Crippen LogP contribution is 2.32. The zero-order valence-corrected chi connectivity index (χ0v) is 15.3. The summed E-state index contributed by atoms with van der Waals surface area (Å²) in [5, 5.41) is 2.62. The van der Waals surface area contributed by atoms with Crippen LogP contribution in [0, 0.1) is 0 Å². The number of sulfonamides is 1. The zero-order chi connectivity index (χ0) is 21.1. The summed E-state index contributed by atoms with van der Waals surface area (Å²) in [6, 6.07) is 8.37. The van der Waals surface area contributed by atoms with Gasteiger partial charge in [-0.2, -0.15) is 13.2 Å². The normalized spacial score (nSPS) is 11.7. The quantitative estimate of drug-likeness (QED) is 0.654. The van der Waals surface area contributed by atoms with Crippen molar-refractivity contribution in [1.29, 1.82) is 0 Å². The molecule has 0 atom stereocenters. The van der Waals surface area contributed by atoms with Crippen LogP contribution in [0.15, 0.2) is 72.1 Å². The highest BCUT2D eigenvalue weighted by molar-refractivity contribution is 7.90. The average Bonchev–Trinajstić information content (AvgIpc) is 2.68. The van der Waals surface area contributed by atoms with Gasteiger partial charge in [0.05, 0.1) is 16.8 Å². The Hall–Kier alpha value is -3.47. The molecule has 0 saturated carbocycles. The molecule has 0 unspecified atom stereocenters. The Morgan fingerprint density at radius 3 is 2.41 bits per heavy atom. The number of nitrogens with zero attached hydrogens (tertiary/aromatic N) is 2. The number of anilines is 2. The van der Waals surface area contributed by atoms with Gasteiger partial charge in [-0.25, -0.2) is 13.1 Å². The lowest BCUT2D eigenvalue weighted by molar-refractivity contribution is -0.137. The summed E-state index contributed by atoms with van der Waals surface area (Å²) >= 11 is 0. The third kappa shape index (κ3) is 4.88. The van der Waals surface area contributed by atoms with E-state index in [9.17, 15) is 26.4 Å². The molecule has 7 nitrogen and oxygen atoms in total. The van der Waals surface area contributed by atoms with Gasteiger partial charge in [-0.3, -0.25) is 14.8 Å². The molecule has 0 aliphatic heterocycles. The molecule has 0 aliphatic rings. The Morgan fingerprint density at radius 2 is 1.72 bits per heavy atom. The van der Waals surface area contributed by atoms with Crippen LogP contribution in [0.1, 0.15) is 15.9 Å². The van der Waals surface area contributed by atoms with Gasteiger partial charge in [-0.05, 0) is 36.4 Å². The highest BCUT2D eigenvalue weighted by Gasteiger charge is 2.30. The van der Waals surface area contributed by atoms with Crippen molar-refractivity contribution in [2.45, 2.75) is 11.1 Å². The standard InChI is InChI=1S/C18H13F3N4O3S/c19-18(20,21)13-4-1-5-14(9-13)24-15-6-8-23-11-16(15)29(27,28)25-17(26)12-3-2-7-22-10-12/h1-11H,(H,23,24)(H,25,26). The molecule has 29 heavy (non-hydrogen) atoms. The molecule has 0 spiro atoms. The SMILES string of the molecule is O=C(NS(=O)(=O)c1cnccc1Nc1cccc(C(F)(F)F)c1)c1cccnc1. The summed E-state index contributed by atoms with van der Waals surface area (Å²) in [4.78, 5) is 19.2. The molecular formula is C18H13F3N4O3S. The highest BCUT2D eigenvalue weighted by atomic mass is 32.2. The van der Waals surface area contributed by atoms with E-state index in [0.29, 0.717) is 0 Å². The van der Waals surface area contributed by atoms with E-state index >= 15 is 0 Å². The van der Waals surface area contributed by atoms with E-state index in [2.05, 4.69) is 15.3 Å². The smallest absolute Gasteiger partial charge is 0.354 e. The predicted octanol–water partition coefficient (Wildman–Crippen LogP) is 3.36. The first kappa shape index (κ1) is 20.3. The van der Waals surface area contributed by atoms with Gasteiger partial charge in [0.2, 0.25) is 0 Å². The Bertz CT molecular complexity index is 1140. The van der Waals surface area contributed by atoms with Crippen LogP contribution in [0.25, 0.3) is 0 Å². The van der Waals surface area contributed by atoms with E-state index in [1.807, 2.05) is 4.72 Å². The number of carbonyl (C=O) groups excluding carboxylic acids is 1. The van der Waals surface area contributed by atoms with Gasteiger partial charge in [-0.15, -0.1) is 0 Å². The molecule has 0 radical (unpaired) electrons. The number of halogens is 3. The maximum absolute atomic E-state index is 12.9. The first-order chi connectivity index (χ1) is 13.7. The summed E-state index contributed by atoms with van der Waals surface area (Å²) < 4.78 is 65.8. The molecule has 1 amide bonds. The Morgan fingerprint density at radius 1 is 0.966 bits per heavy atom. The van der Waals surface area contributed by atoms with Gasteiger partial charge in [0, 0.05) is 30.5 Å². The van der Waals surface area contributed by atoms with E-state index < -0.39 is 32.6 Å². The second-order valence-corrected chi connectivity index (χ2v) is 7.40. The summed E-state index contributed by atoms with van der Waals surface area (Å²) in [5.74, 6) is -0.910. The maximum atomic E-state index is 12.9. The number of pyridine rings is 2. The van der Waals surface area contributed by atoms with Gasteiger partial charge in [0.1, 0.15) is 4.90 Å². The molecule has 0 fully saturated rings. The molecule has 3 aromatic rings. The van der Waals surface area contributed by atoms with Crippen LogP contribution in [0.4, 0.5) is 24.5 Å². The van der Waals surface area contributed by atoms with Crippen molar-refractivity contribution in [3.63, 3.8) is 0 Å². The number of carbonyl (C=O) groups is 1. The number of amides is 1. The Kier molecular flexibility index (Phi) is 5.50. The fourth-order valence-electron chi connectivity index (χ4n) is 2.36. The van der Waals surface area contributed by atoms with Crippen molar-refractivity contribution in [1.82, 2.24) is 14.7 Å². The van der Waals surface area contributed by atoms with Gasteiger partial charge in [0.15, 0.2) is 0 Å². The first-order valence-corrected chi connectivity index (χ1v) is 9.50. The van der Waals surface area contributed by atoms with E-state index in [1.54, 1.807) is 0 Å². The lowest BCUT2D eigenvalue weighted by Gasteiger charge is -2.14. The topological polar surface area (TPSA) is 101 Å². The fourth-order valence-corrected chi connectivity index (χ4v) is 3.44. The van der Waals surface area contributed by atoms with Gasteiger partial charge < -0.3 is 5.32 Å². The molecule has 1 aromatic carbocycles. The molecule has 2 heterocycles. The molecule has 0 saturated heterocycles. The minimum atomic E-state index is -4.55. The number of hydrogen-bond acceptors (Lipinski definition) is 6. The molecule has 0 bridgehead atoms. The number of alkyl halides is 3. The number of nitrogens with one attached hydrogen (secondary N) is 2. The minimum Gasteiger partial charge on any atom is -0.354 e. The molecule has 2 aromatic heterocycles. The van der Waals surface area contributed by atoms with E-state index in [4.69, 9.17) is 0 Å². The summed E-state index contributed by atoms with van der Waals surface area (Å²) in [6.07, 6.45) is 0.300. The maximum Gasteiger partial charge on any atom is 0.416 e. The predicted molar refractivity (Wildman–Crippen MR) is 97.9 cm³/mol. The third-order valence-corrected chi connectivity index (χ3v) is 5.05. The third-order valence-electron chi connectivity index (χ3n) is 3.69. The van der Waals surface area contributed by atoms with Crippen molar-refractivity contribution in [3.8, 4) is 0 Å². The Balaban J connectivity index is 1.90.